The molecule has 1 fully saturated rings. The van der Waals surface area contributed by atoms with Crippen molar-refractivity contribution in [2.45, 2.75) is 19.4 Å². The number of piperidine rings is 1. The molecule has 0 spiro atoms. The molecule has 1 rings (SSSR count). The molecule has 4 heteroatoms. The molecule has 1 aliphatic heterocycles. The van der Waals surface area contributed by atoms with Crippen molar-refractivity contribution in [3.63, 3.8) is 0 Å². The van der Waals surface area contributed by atoms with Crippen LogP contribution in [0.1, 0.15) is 13.3 Å². The highest BCUT2D eigenvalue weighted by atomic mass is 35.5. The Hall–Kier alpha value is -0.280. The summed E-state index contributed by atoms with van der Waals surface area (Å²) >= 11 is 5.44. The van der Waals surface area contributed by atoms with E-state index in [4.69, 9.17) is 17.3 Å². The van der Waals surface area contributed by atoms with E-state index < -0.39 is 0 Å². The Balaban J connectivity index is 2.45. The van der Waals surface area contributed by atoms with Crippen LogP contribution in [0.2, 0.25) is 0 Å². The van der Waals surface area contributed by atoms with Gasteiger partial charge in [-0.15, -0.1) is 11.6 Å². The number of alkyl halides is 1. The highest BCUT2D eigenvalue weighted by Gasteiger charge is 2.25. The van der Waals surface area contributed by atoms with Gasteiger partial charge in [-0.1, -0.05) is 6.92 Å². The van der Waals surface area contributed by atoms with E-state index in [0.717, 1.165) is 13.0 Å². The van der Waals surface area contributed by atoms with Crippen LogP contribution in [0.5, 0.6) is 0 Å². The molecule has 2 unspecified atom stereocenters. The largest absolute Gasteiger partial charge is 0.340 e. The molecule has 0 radical (unpaired) electrons. The number of carbonyl (C=O) groups excluding carboxylic acids is 1. The molecule has 70 valence electrons. The van der Waals surface area contributed by atoms with Gasteiger partial charge in [0.1, 0.15) is 5.88 Å². The van der Waals surface area contributed by atoms with Crippen LogP contribution in [0.25, 0.3) is 0 Å². The quantitative estimate of drug-likeness (QED) is 0.610. The van der Waals surface area contributed by atoms with E-state index >= 15 is 0 Å². The predicted molar refractivity (Wildman–Crippen MR) is 49.1 cm³/mol. The lowest BCUT2D eigenvalue weighted by Gasteiger charge is -2.34. The average molecular weight is 191 g/mol. The van der Waals surface area contributed by atoms with Gasteiger partial charge in [-0.05, 0) is 12.3 Å². The van der Waals surface area contributed by atoms with Crippen molar-refractivity contribution >= 4 is 17.5 Å². The van der Waals surface area contributed by atoms with Crippen molar-refractivity contribution in [1.29, 1.82) is 0 Å². The van der Waals surface area contributed by atoms with Gasteiger partial charge in [-0.25, -0.2) is 0 Å². The lowest BCUT2D eigenvalue weighted by atomic mass is 9.94. The fourth-order valence-corrected chi connectivity index (χ4v) is 1.58. The number of nitrogens with two attached hydrogens (primary N) is 1. The van der Waals surface area contributed by atoms with Crippen LogP contribution in [0.4, 0.5) is 0 Å². The molecule has 2 atom stereocenters. The summed E-state index contributed by atoms with van der Waals surface area (Å²) in [5.41, 5.74) is 5.82. The van der Waals surface area contributed by atoms with E-state index in [1.165, 1.54) is 0 Å². The maximum Gasteiger partial charge on any atom is 0.237 e. The number of hydrogen-bond donors (Lipinski definition) is 1. The molecule has 1 heterocycles. The molecule has 3 nitrogen and oxygen atoms in total. The van der Waals surface area contributed by atoms with Crippen molar-refractivity contribution in [3.8, 4) is 0 Å². The molecule has 0 aromatic rings. The highest BCUT2D eigenvalue weighted by Crippen LogP contribution is 2.15. The molecule has 0 aliphatic carbocycles. The minimum atomic E-state index is -0.000910. The Bertz CT molecular complexity index is 174. The number of carbonyl (C=O) groups is 1. The first-order chi connectivity index (χ1) is 5.65. The zero-order chi connectivity index (χ0) is 9.14. The first kappa shape index (κ1) is 9.81. The first-order valence-corrected chi connectivity index (χ1v) is 4.78. The molecule has 2 N–H and O–H groups in total. The number of hydrogen-bond acceptors (Lipinski definition) is 2. The summed E-state index contributed by atoms with van der Waals surface area (Å²) in [4.78, 5) is 12.9. The minimum absolute atomic E-state index is 0.000910. The predicted octanol–water partition coefficient (Wildman–Crippen LogP) is 0.421. The van der Waals surface area contributed by atoms with Gasteiger partial charge < -0.3 is 10.6 Å². The third-order valence-corrected chi connectivity index (χ3v) is 2.71. The fourth-order valence-electron chi connectivity index (χ4n) is 1.41. The average Bonchev–Trinajstić information content (AvgIpc) is 2.08. The summed E-state index contributed by atoms with van der Waals surface area (Å²) in [5, 5.41) is 0. The van der Waals surface area contributed by atoms with Crippen molar-refractivity contribution in [1.82, 2.24) is 4.90 Å². The summed E-state index contributed by atoms with van der Waals surface area (Å²) in [6, 6.07) is 0.117. The topological polar surface area (TPSA) is 46.3 Å². The van der Waals surface area contributed by atoms with Crippen LogP contribution in [-0.2, 0) is 4.79 Å². The van der Waals surface area contributed by atoms with Crippen molar-refractivity contribution in [2.24, 2.45) is 11.7 Å². The second-order valence-corrected chi connectivity index (χ2v) is 3.67. The van der Waals surface area contributed by atoms with Crippen LogP contribution in [0.3, 0.4) is 0 Å². The molecule has 0 saturated carbocycles. The Morgan fingerprint density at radius 3 is 2.92 bits per heavy atom. The van der Waals surface area contributed by atoms with Gasteiger partial charge >= 0.3 is 0 Å². The van der Waals surface area contributed by atoms with Crippen LogP contribution in [-0.4, -0.2) is 35.8 Å². The normalized spacial score (nSPS) is 30.4. The van der Waals surface area contributed by atoms with Crippen molar-refractivity contribution < 1.29 is 4.79 Å². The van der Waals surface area contributed by atoms with E-state index in [9.17, 15) is 4.79 Å². The highest BCUT2D eigenvalue weighted by molar-refractivity contribution is 6.27. The molecule has 1 aliphatic rings. The number of halogens is 1. The third-order valence-electron chi connectivity index (χ3n) is 2.48. The van der Waals surface area contributed by atoms with Gasteiger partial charge in [0.25, 0.3) is 0 Å². The minimum Gasteiger partial charge on any atom is -0.340 e. The summed E-state index contributed by atoms with van der Waals surface area (Å²) in [7, 11) is 0. The lowest BCUT2D eigenvalue weighted by molar-refractivity contribution is -0.130. The third kappa shape index (κ3) is 2.11. The summed E-state index contributed by atoms with van der Waals surface area (Å²) in [6.45, 7) is 3.58. The second-order valence-electron chi connectivity index (χ2n) is 3.40. The molecular formula is C8H15ClN2O. The monoisotopic (exact) mass is 190 g/mol. The molecule has 0 bridgehead atoms. The number of amides is 1. The first-order valence-electron chi connectivity index (χ1n) is 4.24. The summed E-state index contributed by atoms with van der Waals surface area (Å²) < 4.78 is 0. The number of rotatable bonds is 1. The van der Waals surface area contributed by atoms with Gasteiger partial charge in [-0.2, -0.15) is 0 Å². The standard InChI is InChI=1S/C8H15ClN2O/c1-6-2-3-11(5-7(6)10)8(12)4-9/h6-7H,2-5,10H2,1H3. The van der Waals surface area contributed by atoms with E-state index in [0.29, 0.717) is 12.5 Å². The zero-order valence-electron chi connectivity index (χ0n) is 7.29. The van der Waals surface area contributed by atoms with Crippen LogP contribution >= 0.6 is 11.6 Å². The summed E-state index contributed by atoms with van der Waals surface area (Å²) in [6.07, 6.45) is 0.990. The van der Waals surface area contributed by atoms with Gasteiger partial charge in [0.15, 0.2) is 0 Å². The van der Waals surface area contributed by atoms with Crippen LogP contribution in [0.15, 0.2) is 0 Å². The number of likely N-dealkylation sites (tertiary alicyclic amines) is 1. The Labute approximate surface area is 77.9 Å². The van der Waals surface area contributed by atoms with Crippen molar-refractivity contribution in [2.75, 3.05) is 19.0 Å². The summed E-state index contributed by atoms with van der Waals surface area (Å²) in [5.74, 6) is 0.588. The van der Waals surface area contributed by atoms with E-state index in [1.807, 2.05) is 0 Å². The molecule has 0 aromatic carbocycles. The van der Waals surface area contributed by atoms with Crippen molar-refractivity contribution in [3.05, 3.63) is 0 Å². The molecule has 12 heavy (non-hydrogen) atoms. The van der Waals surface area contributed by atoms with E-state index in [2.05, 4.69) is 6.92 Å². The SMILES string of the molecule is CC1CCN(C(=O)CCl)CC1N. The van der Waals surface area contributed by atoms with E-state index in [1.54, 1.807) is 4.90 Å². The fraction of sp³-hybridized carbons (Fsp3) is 0.875. The zero-order valence-corrected chi connectivity index (χ0v) is 8.05. The number of nitrogens with zero attached hydrogens (tertiary/aromatic N) is 1. The maximum absolute atomic E-state index is 11.2. The molecule has 1 saturated heterocycles. The lowest BCUT2D eigenvalue weighted by Crippen LogP contribution is -2.50. The molecular weight excluding hydrogens is 176 g/mol. The van der Waals surface area contributed by atoms with Gasteiger partial charge in [0, 0.05) is 19.1 Å². The smallest absolute Gasteiger partial charge is 0.237 e. The van der Waals surface area contributed by atoms with Gasteiger partial charge in [0.05, 0.1) is 0 Å². The Morgan fingerprint density at radius 2 is 2.42 bits per heavy atom. The second kappa shape index (κ2) is 4.10. The van der Waals surface area contributed by atoms with Crippen LogP contribution < -0.4 is 5.73 Å². The molecule has 0 aromatic heterocycles. The Morgan fingerprint density at radius 1 is 1.75 bits per heavy atom. The van der Waals surface area contributed by atoms with E-state index in [-0.39, 0.29) is 17.8 Å². The maximum atomic E-state index is 11.2. The Kier molecular flexibility index (Phi) is 3.35. The van der Waals surface area contributed by atoms with Gasteiger partial charge in [0.2, 0.25) is 5.91 Å². The molecule has 1 amide bonds. The van der Waals surface area contributed by atoms with Gasteiger partial charge in [-0.3, -0.25) is 4.79 Å². The van der Waals surface area contributed by atoms with Crippen LogP contribution in [0, 0.1) is 5.92 Å².